The Morgan fingerprint density at radius 2 is 2.24 bits per heavy atom. The third-order valence-electron chi connectivity index (χ3n) is 4.46. The summed E-state index contributed by atoms with van der Waals surface area (Å²) in [5.74, 6) is 1.14. The number of carbonyl (C=O) groups is 1. The average molecular weight is 363 g/mol. The first kappa shape index (κ1) is 18.1. The van der Waals surface area contributed by atoms with Crippen molar-refractivity contribution in [3.8, 4) is 10.8 Å². The van der Waals surface area contributed by atoms with E-state index in [0.717, 1.165) is 37.3 Å². The molecule has 136 valence electrons. The van der Waals surface area contributed by atoms with Gasteiger partial charge in [-0.15, -0.1) is 21.5 Å². The summed E-state index contributed by atoms with van der Waals surface area (Å²) in [7, 11) is 1.85. The Kier molecular flexibility index (Phi) is 6.20. The minimum Gasteiger partial charge on any atom is -0.420 e. The molecule has 1 aliphatic heterocycles. The molecule has 2 aromatic heterocycles. The van der Waals surface area contributed by atoms with Gasteiger partial charge in [-0.05, 0) is 44.7 Å². The van der Waals surface area contributed by atoms with Gasteiger partial charge in [0.05, 0.1) is 11.0 Å². The molecule has 25 heavy (non-hydrogen) atoms. The number of amides is 1. The Morgan fingerprint density at radius 1 is 1.36 bits per heavy atom. The fraction of sp³-hybridized carbons (Fsp3) is 0.611. The van der Waals surface area contributed by atoms with E-state index in [1.807, 2.05) is 26.1 Å². The van der Waals surface area contributed by atoms with E-state index in [2.05, 4.69) is 10.2 Å². The number of aryl methyl sites for hydroxylation is 2. The van der Waals surface area contributed by atoms with Gasteiger partial charge in [-0.2, -0.15) is 0 Å². The van der Waals surface area contributed by atoms with E-state index in [1.165, 1.54) is 11.3 Å². The normalized spacial score (nSPS) is 17.6. The zero-order valence-electron chi connectivity index (χ0n) is 14.9. The van der Waals surface area contributed by atoms with Gasteiger partial charge in [0.2, 0.25) is 11.8 Å². The molecule has 1 fully saturated rings. The molecule has 2 aromatic rings. The molecule has 0 saturated carbocycles. The lowest BCUT2D eigenvalue weighted by atomic mass is 10.1. The van der Waals surface area contributed by atoms with E-state index >= 15 is 0 Å². The highest BCUT2D eigenvalue weighted by Crippen LogP contribution is 2.26. The minimum atomic E-state index is 0.0996. The van der Waals surface area contributed by atoms with Crippen LogP contribution in [0.4, 0.5) is 0 Å². The number of rotatable bonds is 7. The Labute approximate surface area is 152 Å². The number of carbonyl (C=O) groups excluding carboxylic acids is 1. The second-order valence-corrected chi connectivity index (χ2v) is 7.79. The molecule has 3 heterocycles. The number of nitrogens with zero attached hydrogens (tertiary/aromatic N) is 3. The molecule has 1 saturated heterocycles. The van der Waals surface area contributed by atoms with Crippen molar-refractivity contribution in [1.29, 1.82) is 0 Å². The van der Waals surface area contributed by atoms with E-state index in [1.54, 1.807) is 16.2 Å². The fourth-order valence-electron chi connectivity index (χ4n) is 2.91. The Morgan fingerprint density at radius 3 is 2.96 bits per heavy atom. The topological polar surface area (TPSA) is 68.5 Å². The molecular weight excluding hydrogens is 338 g/mol. The van der Waals surface area contributed by atoms with Crippen molar-refractivity contribution in [3.05, 3.63) is 22.9 Å². The molecule has 0 bridgehead atoms. The third-order valence-corrected chi connectivity index (χ3v) is 5.45. The molecule has 7 heteroatoms. The molecule has 0 radical (unpaired) electrons. The van der Waals surface area contributed by atoms with Gasteiger partial charge in [-0.3, -0.25) is 4.79 Å². The van der Waals surface area contributed by atoms with Crippen LogP contribution in [-0.2, 0) is 16.0 Å². The summed E-state index contributed by atoms with van der Waals surface area (Å²) in [6.07, 6.45) is 5.55. The molecule has 0 N–H and O–H groups in total. The van der Waals surface area contributed by atoms with Crippen LogP contribution in [-0.4, -0.2) is 47.3 Å². The largest absolute Gasteiger partial charge is 0.420 e. The molecule has 0 aromatic carbocycles. The molecular formula is C18H25N3O3S. The van der Waals surface area contributed by atoms with Gasteiger partial charge < -0.3 is 14.1 Å². The second-order valence-electron chi connectivity index (χ2n) is 6.50. The maximum atomic E-state index is 12.3. The summed E-state index contributed by atoms with van der Waals surface area (Å²) in [6, 6.07) is 4.00. The maximum absolute atomic E-state index is 12.3. The van der Waals surface area contributed by atoms with Gasteiger partial charge in [0.25, 0.3) is 5.89 Å². The van der Waals surface area contributed by atoms with Crippen molar-refractivity contribution in [1.82, 2.24) is 15.1 Å². The van der Waals surface area contributed by atoms with Crippen LogP contribution in [0.2, 0.25) is 0 Å². The summed E-state index contributed by atoms with van der Waals surface area (Å²) < 4.78 is 11.4. The lowest BCUT2D eigenvalue weighted by Gasteiger charge is -2.25. The monoisotopic (exact) mass is 363 g/mol. The number of thiophene rings is 1. The second kappa shape index (κ2) is 8.58. The van der Waals surface area contributed by atoms with E-state index in [9.17, 15) is 4.79 Å². The number of aromatic nitrogens is 2. The Balaban J connectivity index is 1.43. The first-order valence-electron chi connectivity index (χ1n) is 8.86. The highest BCUT2D eigenvalue weighted by atomic mass is 32.1. The van der Waals surface area contributed by atoms with Crippen molar-refractivity contribution >= 4 is 17.2 Å². The highest BCUT2D eigenvalue weighted by molar-refractivity contribution is 7.15. The standard InChI is InChI=1S/C18H25N3O3S/c1-13-6-7-15(25-13)18-20-19-16(24-18)8-9-17(22)21(2)11-10-14-5-3-4-12-23-14/h6-7,14H,3-5,8-12H2,1-2H3. The molecule has 1 atom stereocenters. The van der Waals surface area contributed by atoms with Crippen molar-refractivity contribution in [2.24, 2.45) is 0 Å². The summed E-state index contributed by atoms with van der Waals surface area (Å²) in [4.78, 5) is 16.2. The molecule has 6 nitrogen and oxygen atoms in total. The third kappa shape index (κ3) is 5.12. The molecule has 3 rings (SSSR count). The summed E-state index contributed by atoms with van der Waals surface area (Å²) in [5, 5.41) is 8.12. The lowest BCUT2D eigenvalue weighted by molar-refractivity contribution is -0.130. The first-order chi connectivity index (χ1) is 12.1. The zero-order chi connectivity index (χ0) is 17.6. The summed E-state index contributed by atoms with van der Waals surface area (Å²) >= 11 is 1.62. The zero-order valence-corrected chi connectivity index (χ0v) is 15.7. The number of hydrogen-bond donors (Lipinski definition) is 0. The Hall–Kier alpha value is -1.73. The summed E-state index contributed by atoms with van der Waals surface area (Å²) in [5.41, 5.74) is 0. The summed E-state index contributed by atoms with van der Waals surface area (Å²) in [6.45, 7) is 3.62. The SMILES string of the molecule is Cc1ccc(-c2nnc(CCC(=O)N(C)CCC3CCCCO3)o2)s1. The van der Waals surface area contributed by atoms with Gasteiger partial charge in [-0.25, -0.2) is 0 Å². The quantitative estimate of drug-likeness (QED) is 0.753. The van der Waals surface area contributed by atoms with Crippen LogP contribution < -0.4 is 0 Å². The van der Waals surface area contributed by atoms with Crippen LogP contribution in [0.5, 0.6) is 0 Å². The van der Waals surface area contributed by atoms with Crippen molar-refractivity contribution in [2.75, 3.05) is 20.2 Å². The molecule has 1 amide bonds. The predicted molar refractivity (Wildman–Crippen MR) is 96.5 cm³/mol. The molecule has 1 unspecified atom stereocenters. The lowest BCUT2D eigenvalue weighted by Crippen LogP contribution is -2.31. The van der Waals surface area contributed by atoms with Crippen LogP contribution in [0.1, 0.15) is 42.9 Å². The van der Waals surface area contributed by atoms with Crippen molar-refractivity contribution in [3.63, 3.8) is 0 Å². The van der Waals surface area contributed by atoms with Crippen molar-refractivity contribution in [2.45, 2.75) is 51.6 Å². The van der Waals surface area contributed by atoms with Crippen LogP contribution in [0.25, 0.3) is 10.8 Å². The van der Waals surface area contributed by atoms with Gasteiger partial charge in [-0.1, -0.05) is 0 Å². The van der Waals surface area contributed by atoms with Crippen LogP contribution in [0.3, 0.4) is 0 Å². The highest BCUT2D eigenvalue weighted by Gasteiger charge is 2.17. The predicted octanol–water partition coefficient (Wildman–Crippen LogP) is 3.46. The first-order valence-corrected chi connectivity index (χ1v) is 9.68. The molecule has 0 spiro atoms. The molecule has 0 aliphatic carbocycles. The van der Waals surface area contributed by atoms with Crippen molar-refractivity contribution < 1.29 is 13.9 Å². The average Bonchev–Trinajstić information content (AvgIpc) is 3.27. The number of ether oxygens (including phenoxy) is 1. The van der Waals surface area contributed by atoms with Gasteiger partial charge in [0.15, 0.2) is 0 Å². The van der Waals surface area contributed by atoms with Gasteiger partial charge in [0, 0.05) is 37.9 Å². The van der Waals surface area contributed by atoms with Gasteiger partial charge in [0.1, 0.15) is 0 Å². The number of hydrogen-bond acceptors (Lipinski definition) is 6. The van der Waals surface area contributed by atoms with Gasteiger partial charge >= 0.3 is 0 Å². The van der Waals surface area contributed by atoms with Crippen LogP contribution >= 0.6 is 11.3 Å². The minimum absolute atomic E-state index is 0.0996. The Bertz CT molecular complexity index is 691. The van der Waals surface area contributed by atoms with E-state index in [0.29, 0.717) is 30.7 Å². The van der Waals surface area contributed by atoms with Crippen LogP contribution in [0.15, 0.2) is 16.5 Å². The maximum Gasteiger partial charge on any atom is 0.257 e. The van der Waals surface area contributed by atoms with E-state index < -0.39 is 0 Å². The smallest absolute Gasteiger partial charge is 0.257 e. The van der Waals surface area contributed by atoms with E-state index in [4.69, 9.17) is 9.15 Å². The molecule has 1 aliphatic rings. The fourth-order valence-corrected chi connectivity index (χ4v) is 3.69. The van der Waals surface area contributed by atoms with Crippen LogP contribution in [0, 0.1) is 6.92 Å². The van der Waals surface area contributed by atoms with E-state index in [-0.39, 0.29) is 5.91 Å².